The second-order valence-corrected chi connectivity index (χ2v) is 8.22. The van der Waals surface area contributed by atoms with Gasteiger partial charge in [0, 0.05) is 6.26 Å². The molecule has 0 aliphatic rings. The SMILES string of the molecule is CS(=O)(=O)C(Cl)(Br)C(=O)c1ccccc1F. The van der Waals surface area contributed by atoms with E-state index in [0.717, 1.165) is 12.3 Å². The molecule has 88 valence electrons. The Balaban J connectivity index is 3.29. The highest BCUT2D eigenvalue weighted by Gasteiger charge is 2.45. The van der Waals surface area contributed by atoms with Crippen molar-refractivity contribution in [3.8, 4) is 0 Å². The first-order valence-corrected chi connectivity index (χ1v) is 7.11. The second kappa shape index (κ2) is 4.43. The molecule has 1 unspecified atom stereocenters. The predicted octanol–water partition coefficient (Wildman–Crippen LogP) is 2.34. The van der Waals surface area contributed by atoms with Crippen LogP contribution in [0.2, 0.25) is 0 Å². The van der Waals surface area contributed by atoms with Crippen LogP contribution < -0.4 is 0 Å². The Morgan fingerprint density at radius 3 is 2.38 bits per heavy atom. The monoisotopic (exact) mass is 328 g/mol. The van der Waals surface area contributed by atoms with Crippen molar-refractivity contribution in [2.75, 3.05) is 6.26 Å². The zero-order valence-electron chi connectivity index (χ0n) is 8.08. The van der Waals surface area contributed by atoms with Crippen molar-refractivity contribution < 1.29 is 17.6 Å². The van der Waals surface area contributed by atoms with Gasteiger partial charge in [0.2, 0.25) is 5.78 Å². The van der Waals surface area contributed by atoms with Crippen LogP contribution in [-0.4, -0.2) is 23.6 Å². The summed E-state index contributed by atoms with van der Waals surface area (Å²) in [6.07, 6.45) is 0.785. The van der Waals surface area contributed by atoms with Crippen LogP contribution >= 0.6 is 27.5 Å². The second-order valence-electron chi connectivity index (χ2n) is 3.10. The molecule has 0 N–H and O–H groups in total. The third-order valence-electron chi connectivity index (χ3n) is 1.85. The van der Waals surface area contributed by atoms with Crippen molar-refractivity contribution in [1.82, 2.24) is 0 Å². The van der Waals surface area contributed by atoms with E-state index in [2.05, 4.69) is 15.9 Å². The number of carbonyl (C=O) groups excluding carboxylic acids is 1. The standard InChI is InChI=1S/C9H7BrClFO3S/c1-16(14,15)9(10,11)8(13)6-4-2-3-5-7(6)12/h2-5H,1H3. The molecule has 0 heterocycles. The number of carbonyl (C=O) groups is 1. The molecule has 0 bridgehead atoms. The minimum absolute atomic E-state index is 0.375. The highest BCUT2D eigenvalue weighted by Crippen LogP contribution is 2.34. The fraction of sp³-hybridized carbons (Fsp3) is 0.222. The molecule has 7 heteroatoms. The Bertz CT molecular complexity index is 527. The lowest BCUT2D eigenvalue weighted by molar-refractivity contribution is 0.0996. The van der Waals surface area contributed by atoms with E-state index in [4.69, 9.17) is 11.6 Å². The minimum Gasteiger partial charge on any atom is -0.290 e. The van der Waals surface area contributed by atoms with E-state index < -0.39 is 24.6 Å². The van der Waals surface area contributed by atoms with Crippen LogP contribution in [0.25, 0.3) is 0 Å². The lowest BCUT2D eigenvalue weighted by Gasteiger charge is -2.16. The van der Waals surface area contributed by atoms with Gasteiger partial charge in [-0.3, -0.25) is 4.79 Å². The molecule has 1 atom stereocenters. The Morgan fingerprint density at radius 1 is 1.44 bits per heavy atom. The zero-order valence-corrected chi connectivity index (χ0v) is 11.2. The van der Waals surface area contributed by atoms with Gasteiger partial charge in [-0.2, -0.15) is 0 Å². The molecule has 16 heavy (non-hydrogen) atoms. The van der Waals surface area contributed by atoms with Crippen molar-refractivity contribution in [1.29, 1.82) is 0 Å². The Hall–Kier alpha value is -0.460. The van der Waals surface area contributed by atoms with E-state index in [9.17, 15) is 17.6 Å². The van der Waals surface area contributed by atoms with Gasteiger partial charge in [-0.25, -0.2) is 12.8 Å². The van der Waals surface area contributed by atoms with Gasteiger partial charge in [-0.1, -0.05) is 23.7 Å². The van der Waals surface area contributed by atoms with Gasteiger partial charge in [-0.15, -0.1) is 0 Å². The van der Waals surface area contributed by atoms with Crippen molar-refractivity contribution in [3.63, 3.8) is 0 Å². The largest absolute Gasteiger partial charge is 0.290 e. The molecule has 1 rings (SSSR count). The normalized spacial score (nSPS) is 15.5. The van der Waals surface area contributed by atoms with Crippen LogP contribution in [0.1, 0.15) is 10.4 Å². The average molecular weight is 330 g/mol. The Kier molecular flexibility index (Phi) is 3.76. The van der Waals surface area contributed by atoms with Gasteiger partial charge < -0.3 is 0 Å². The number of benzene rings is 1. The van der Waals surface area contributed by atoms with E-state index in [-0.39, 0.29) is 5.56 Å². The fourth-order valence-corrected chi connectivity index (χ4v) is 1.73. The number of ketones is 1. The van der Waals surface area contributed by atoms with E-state index in [0.29, 0.717) is 0 Å². The Morgan fingerprint density at radius 2 is 1.94 bits per heavy atom. The summed E-state index contributed by atoms with van der Waals surface area (Å²) < 4.78 is 33.4. The van der Waals surface area contributed by atoms with Crippen molar-refractivity contribution >= 4 is 43.2 Å². The first kappa shape index (κ1) is 13.6. The third kappa shape index (κ3) is 2.44. The predicted molar refractivity (Wildman–Crippen MR) is 63.1 cm³/mol. The molecule has 0 radical (unpaired) electrons. The van der Waals surface area contributed by atoms with Crippen molar-refractivity contribution in [3.05, 3.63) is 35.6 Å². The highest BCUT2D eigenvalue weighted by atomic mass is 79.9. The van der Waals surface area contributed by atoms with Crippen LogP contribution in [0.4, 0.5) is 4.39 Å². The lowest BCUT2D eigenvalue weighted by atomic mass is 10.1. The summed E-state index contributed by atoms with van der Waals surface area (Å²) in [6, 6.07) is 5.02. The summed E-state index contributed by atoms with van der Waals surface area (Å²) in [5.41, 5.74) is -0.375. The first-order valence-electron chi connectivity index (χ1n) is 4.04. The maximum atomic E-state index is 13.3. The van der Waals surface area contributed by atoms with E-state index in [1.54, 1.807) is 0 Å². The van der Waals surface area contributed by atoms with Crippen LogP contribution in [0, 0.1) is 5.82 Å². The van der Waals surface area contributed by atoms with Gasteiger partial charge in [0.25, 0.3) is 3.12 Å². The number of hydrogen-bond donors (Lipinski definition) is 0. The topological polar surface area (TPSA) is 51.2 Å². The molecule has 1 aromatic rings. The Labute approximate surface area is 106 Å². The summed E-state index contributed by atoms with van der Waals surface area (Å²) in [7, 11) is -3.90. The summed E-state index contributed by atoms with van der Waals surface area (Å²) in [5, 5.41) is 0. The highest BCUT2D eigenvalue weighted by molar-refractivity contribution is 9.12. The molecule has 0 saturated carbocycles. The molecule has 0 amide bonds. The molecule has 0 aliphatic heterocycles. The van der Waals surface area contributed by atoms with Gasteiger partial charge >= 0.3 is 0 Å². The van der Waals surface area contributed by atoms with Crippen molar-refractivity contribution in [2.45, 2.75) is 3.12 Å². The maximum Gasteiger partial charge on any atom is 0.261 e. The molecule has 3 nitrogen and oxygen atoms in total. The van der Waals surface area contributed by atoms with Crippen molar-refractivity contribution in [2.24, 2.45) is 0 Å². The van der Waals surface area contributed by atoms with Crippen LogP contribution in [0.3, 0.4) is 0 Å². The number of hydrogen-bond acceptors (Lipinski definition) is 3. The molecular formula is C9H7BrClFO3S. The number of halogens is 3. The number of rotatable bonds is 3. The summed E-state index contributed by atoms with van der Waals surface area (Å²) in [6.45, 7) is 0. The molecule has 0 aromatic heterocycles. The average Bonchev–Trinajstić information content (AvgIpc) is 2.15. The fourth-order valence-electron chi connectivity index (χ4n) is 0.971. The smallest absolute Gasteiger partial charge is 0.261 e. The van der Waals surface area contributed by atoms with Gasteiger partial charge in [0.05, 0.1) is 5.56 Å². The van der Waals surface area contributed by atoms with Crippen LogP contribution in [-0.2, 0) is 9.84 Å². The van der Waals surface area contributed by atoms with E-state index in [1.165, 1.54) is 18.2 Å². The summed E-state index contributed by atoms with van der Waals surface area (Å²) in [5.74, 6) is -1.87. The number of alkyl halides is 2. The molecule has 0 spiro atoms. The summed E-state index contributed by atoms with van der Waals surface area (Å²) >= 11 is 8.18. The zero-order chi connectivity index (χ0) is 12.6. The molecule has 0 fully saturated rings. The van der Waals surface area contributed by atoms with Gasteiger partial charge in [-0.05, 0) is 28.1 Å². The van der Waals surface area contributed by atoms with Crippen LogP contribution in [0.15, 0.2) is 24.3 Å². The third-order valence-corrected chi connectivity index (χ3v) is 6.10. The van der Waals surface area contributed by atoms with Crippen LogP contribution in [0.5, 0.6) is 0 Å². The maximum absolute atomic E-state index is 13.3. The summed E-state index contributed by atoms with van der Waals surface area (Å²) in [4.78, 5) is 11.7. The number of sulfone groups is 1. The molecule has 1 aromatic carbocycles. The molecular weight excluding hydrogens is 323 g/mol. The minimum atomic E-state index is -3.90. The molecule has 0 saturated heterocycles. The first-order chi connectivity index (χ1) is 7.18. The van der Waals surface area contributed by atoms with Gasteiger partial charge in [0.1, 0.15) is 5.82 Å². The van der Waals surface area contributed by atoms with Gasteiger partial charge in [0.15, 0.2) is 9.84 Å². The molecule has 0 aliphatic carbocycles. The van der Waals surface area contributed by atoms with E-state index >= 15 is 0 Å². The lowest BCUT2D eigenvalue weighted by Crippen LogP contribution is -2.34. The number of Topliss-reactive ketones (excluding diaryl/α,β-unsaturated/α-hetero) is 1. The van der Waals surface area contributed by atoms with E-state index in [1.807, 2.05) is 0 Å². The quantitative estimate of drug-likeness (QED) is 0.632.